The zero-order valence-corrected chi connectivity index (χ0v) is 37.3. The fourth-order valence-electron chi connectivity index (χ4n) is 9.08. The molecule has 4 fully saturated rings. The van der Waals surface area contributed by atoms with Gasteiger partial charge in [-0.3, -0.25) is 23.9 Å². The normalized spacial score (nSPS) is 22.7. The Morgan fingerprint density at radius 1 is 1.05 bits per heavy atom. The van der Waals surface area contributed by atoms with Gasteiger partial charge in [0.05, 0.1) is 33.8 Å². The van der Waals surface area contributed by atoms with Crippen LogP contribution < -0.4 is 9.46 Å². The molecule has 0 spiro atoms. The Labute approximate surface area is 376 Å². The lowest BCUT2D eigenvalue weighted by molar-refractivity contribution is -0.143. The van der Waals surface area contributed by atoms with Gasteiger partial charge in [-0.15, -0.1) is 17.9 Å². The monoisotopic (exact) mass is 932 g/mol. The summed E-state index contributed by atoms with van der Waals surface area (Å²) in [5, 5.41) is 2.21. The van der Waals surface area contributed by atoms with Gasteiger partial charge in [-0.05, 0) is 68.2 Å². The molecular weight excluding hydrogens is 886 g/mol. The number of likely N-dealkylation sites (tertiary alicyclic amines) is 2. The highest BCUT2D eigenvalue weighted by atomic mass is 32.2. The number of alkyl halides is 3. The molecule has 2 aromatic carbocycles. The number of allylic oxidation sites excluding steroid dienone is 1. The van der Waals surface area contributed by atoms with Crippen molar-refractivity contribution in [3.63, 3.8) is 0 Å². The quantitative estimate of drug-likeness (QED) is 0.104. The molecule has 3 amide bonds. The Bertz CT molecular complexity index is 2820. The largest absolute Gasteiger partial charge is 0.470 e. The summed E-state index contributed by atoms with van der Waals surface area (Å²) in [6, 6.07) is 10.3. The molecule has 2 saturated heterocycles. The molecule has 5 atom stereocenters. The number of ether oxygens (including phenoxy) is 1. The fourth-order valence-corrected chi connectivity index (χ4v) is 11.3. The van der Waals surface area contributed by atoms with Gasteiger partial charge in [0.2, 0.25) is 27.4 Å². The molecule has 0 unspecified atom stereocenters. The summed E-state index contributed by atoms with van der Waals surface area (Å²) in [4.78, 5) is 73.7. The first kappa shape index (κ1) is 44.5. The Hall–Kier alpha value is -5.69. The molecule has 0 bridgehead atoms. The van der Waals surface area contributed by atoms with Gasteiger partial charge in [0, 0.05) is 54.6 Å². The van der Waals surface area contributed by atoms with E-state index in [9.17, 15) is 40.8 Å². The van der Waals surface area contributed by atoms with E-state index in [-0.39, 0.29) is 72.8 Å². The molecule has 14 nitrogen and oxygen atoms in total. The van der Waals surface area contributed by atoms with Crippen LogP contribution in [0, 0.1) is 23.2 Å². The number of benzene rings is 2. The van der Waals surface area contributed by atoms with Gasteiger partial charge >= 0.3 is 6.18 Å². The van der Waals surface area contributed by atoms with Crippen LogP contribution in [-0.2, 0) is 37.0 Å². The van der Waals surface area contributed by atoms with Crippen LogP contribution in [0.2, 0.25) is 0 Å². The number of hydrogen-bond donors (Lipinski definition) is 1. The molecule has 65 heavy (non-hydrogen) atoms. The molecule has 2 saturated carbocycles. The second-order valence-corrected chi connectivity index (χ2v) is 20.8. The summed E-state index contributed by atoms with van der Waals surface area (Å²) in [5.74, 6) is -3.20. The third kappa shape index (κ3) is 8.76. The number of amides is 3. The van der Waals surface area contributed by atoms with Gasteiger partial charge in [0.25, 0.3) is 11.8 Å². The van der Waals surface area contributed by atoms with Crippen molar-refractivity contribution in [3.05, 3.63) is 82.8 Å². The molecular formula is C46H47F3N6O8S2. The van der Waals surface area contributed by atoms with Gasteiger partial charge in [0.1, 0.15) is 22.9 Å². The maximum Gasteiger partial charge on any atom is 0.416 e. The van der Waals surface area contributed by atoms with Gasteiger partial charge < -0.3 is 19.0 Å². The van der Waals surface area contributed by atoms with Gasteiger partial charge in [-0.2, -0.15) is 18.2 Å². The lowest BCUT2D eigenvalue weighted by atomic mass is 9.89. The Morgan fingerprint density at radius 2 is 1.77 bits per heavy atom. The smallest absolute Gasteiger partial charge is 0.416 e. The number of thiazole rings is 1. The van der Waals surface area contributed by atoms with Crippen LogP contribution in [-0.4, -0.2) is 93.7 Å². The Morgan fingerprint density at radius 3 is 2.43 bits per heavy atom. The van der Waals surface area contributed by atoms with E-state index in [0.717, 1.165) is 25.0 Å². The number of Topliss-reactive ketones (excluding diaryl/α,β-unsaturated/α-hetero) is 1. The number of furan rings is 1. The number of hydrogen-bond acceptors (Lipinski definition) is 12. The first-order valence-electron chi connectivity index (χ1n) is 21.7. The van der Waals surface area contributed by atoms with Crippen molar-refractivity contribution < 1.29 is 49.9 Å². The molecule has 342 valence electrons. The number of nitrogens with one attached hydrogen (secondary N) is 1. The third-order valence-corrected chi connectivity index (χ3v) is 15.8. The highest BCUT2D eigenvalue weighted by molar-refractivity contribution is 7.90. The molecule has 2 aliphatic carbocycles. The van der Waals surface area contributed by atoms with E-state index in [1.807, 2.05) is 13.8 Å². The summed E-state index contributed by atoms with van der Waals surface area (Å²) < 4.78 is 81.3. The molecule has 0 radical (unpaired) electrons. The molecule has 5 aromatic rings. The van der Waals surface area contributed by atoms with Crippen molar-refractivity contribution in [2.24, 2.45) is 23.2 Å². The third-order valence-electron chi connectivity index (χ3n) is 13.1. The lowest BCUT2D eigenvalue weighted by Gasteiger charge is -2.30. The summed E-state index contributed by atoms with van der Waals surface area (Å²) in [5.41, 5.74) is -0.709. The average Bonchev–Trinajstić information content (AvgIpc) is 3.93. The molecule has 1 N–H and O–H groups in total. The maximum atomic E-state index is 14.9. The number of nitrogens with zero attached hydrogens (tertiary/aromatic N) is 5. The first-order chi connectivity index (χ1) is 31.0. The average molecular weight is 933 g/mol. The molecule has 9 rings (SSSR count). The molecule has 5 heterocycles. The number of aromatic nitrogens is 3. The fraction of sp³-hybridized carbons (Fsp3) is 0.457. The van der Waals surface area contributed by atoms with E-state index < -0.39 is 68.1 Å². The number of para-hydroxylation sites is 1. The number of sulfonamides is 1. The van der Waals surface area contributed by atoms with Crippen LogP contribution in [0.4, 0.5) is 13.2 Å². The van der Waals surface area contributed by atoms with Gasteiger partial charge in [0.15, 0.2) is 11.6 Å². The van der Waals surface area contributed by atoms with Crippen LogP contribution in [0.15, 0.2) is 71.0 Å². The minimum atomic E-state index is -4.56. The van der Waals surface area contributed by atoms with Crippen molar-refractivity contribution in [2.45, 2.75) is 88.8 Å². The SMILES string of the molecule is C=C[C@@H]1C[C@]1(CC(=O)[C@@H]1C[C@@H](Oc2nc(-c3ccc(C(F)(F)F)cc3)nc3c2oc2ccccc23)CN1C(=O)[C@@H](Cc1nc(C(=O)N2CCCC2)cs1)C(C)C)C(=O)NS(=O)(=O)C1CC1. The summed E-state index contributed by atoms with van der Waals surface area (Å²) in [7, 11) is -3.93. The van der Waals surface area contributed by atoms with E-state index in [4.69, 9.17) is 9.15 Å². The predicted octanol–water partition coefficient (Wildman–Crippen LogP) is 7.38. The van der Waals surface area contributed by atoms with E-state index in [2.05, 4.69) is 26.3 Å². The summed E-state index contributed by atoms with van der Waals surface area (Å²) in [6.07, 6.45) is -1.21. The molecule has 3 aromatic heterocycles. The van der Waals surface area contributed by atoms with Crippen LogP contribution in [0.25, 0.3) is 33.5 Å². The Balaban J connectivity index is 1.04. The Kier molecular flexibility index (Phi) is 11.6. The van der Waals surface area contributed by atoms with E-state index in [1.165, 1.54) is 34.4 Å². The number of fused-ring (bicyclic) bond motifs is 3. The van der Waals surface area contributed by atoms with Crippen molar-refractivity contribution in [2.75, 3.05) is 19.6 Å². The number of carbonyl (C=O) groups excluding carboxylic acids is 4. The topological polar surface area (TPSA) is 182 Å². The standard InChI is InChI=1S/C46H47F3N6O8S2/c1-4-27-21-45(27,44(59)53-65(60,61)30-15-16-30)22-35(56)34-19-29(23-55(34)42(57)32(25(2)3)20-37-50-33(24-64-37)43(58)54-17-7-8-18-54)62-41-39-38(31-9-5-6-10-36(31)63-39)51-40(52-41)26-11-13-28(14-12-26)46(47,48)49/h4-6,9-14,24-25,27,29-30,32,34H,1,7-8,15-23H2,2-3H3,(H,53,59)/t27-,29-,32+,34+,45-/m1/s1. The predicted molar refractivity (Wildman–Crippen MR) is 234 cm³/mol. The van der Waals surface area contributed by atoms with Gasteiger partial charge in [-0.25, -0.2) is 18.4 Å². The minimum Gasteiger partial charge on any atom is -0.470 e. The summed E-state index contributed by atoms with van der Waals surface area (Å²) in [6.45, 7) is 8.81. The number of halogens is 3. The van der Waals surface area contributed by atoms with E-state index >= 15 is 0 Å². The van der Waals surface area contributed by atoms with Crippen molar-refractivity contribution >= 4 is 66.9 Å². The van der Waals surface area contributed by atoms with E-state index in [0.29, 0.717) is 53.1 Å². The molecule has 2 aliphatic heterocycles. The molecule has 19 heteroatoms. The number of rotatable bonds is 15. The second-order valence-electron chi connectivity index (χ2n) is 17.9. The van der Waals surface area contributed by atoms with Gasteiger partial charge in [-0.1, -0.05) is 44.2 Å². The van der Waals surface area contributed by atoms with Crippen LogP contribution in [0.1, 0.15) is 79.9 Å². The van der Waals surface area contributed by atoms with Crippen LogP contribution >= 0.6 is 11.3 Å². The maximum absolute atomic E-state index is 14.9. The highest BCUT2D eigenvalue weighted by Gasteiger charge is 2.61. The van der Waals surface area contributed by atoms with Crippen molar-refractivity contribution in [1.29, 1.82) is 0 Å². The zero-order valence-electron chi connectivity index (χ0n) is 35.7. The van der Waals surface area contributed by atoms with Crippen LogP contribution in [0.5, 0.6) is 5.88 Å². The number of ketones is 1. The van der Waals surface area contributed by atoms with Crippen LogP contribution in [0.3, 0.4) is 0 Å². The van der Waals surface area contributed by atoms with Crippen molar-refractivity contribution in [1.82, 2.24) is 29.5 Å². The number of carbonyl (C=O) groups is 4. The highest BCUT2D eigenvalue weighted by Crippen LogP contribution is 2.57. The second kappa shape index (κ2) is 16.9. The summed E-state index contributed by atoms with van der Waals surface area (Å²) >= 11 is 1.28. The zero-order chi connectivity index (χ0) is 46.0. The lowest BCUT2D eigenvalue weighted by Crippen LogP contribution is -2.47. The molecule has 4 aliphatic rings. The first-order valence-corrected chi connectivity index (χ1v) is 24.2. The minimum absolute atomic E-state index is 0.0424. The van der Waals surface area contributed by atoms with E-state index in [1.54, 1.807) is 34.5 Å². The van der Waals surface area contributed by atoms with Crippen molar-refractivity contribution in [3.8, 4) is 17.3 Å².